The van der Waals surface area contributed by atoms with Crippen LogP contribution in [-0.2, 0) is 16.0 Å². The van der Waals surface area contributed by atoms with Gasteiger partial charge in [0.25, 0.3) is 5.91 Å². The van der Waals surface area contributed by atoms with E-state index in [0.29, 0.717) is 17.0 Å². The van der Waals surface area contributed by atoms with Crippen LogP contribution in [0.1, 0.15) is 17.5 Å². The van der Waals surface area contributed by atoms with E-state index in [4.69, 9.17) is 16.7 Å². The van der Waals surface area contributed by atoms with Crippen molar-refractivity contribution in [2.75, 3.05) is 10.6 Å². The fourth-order valence-corrected chi connectivity index (χ4v) is 2.65. The number of fused-ring (bicyclic) bond motifs is 1. The molecule has 0 saturated heterocycles. The van der Waals surface area contributed by atoms with Crippen LogP contribution >= 0.6 is 11.6 Å². The highest BCUT2D eigenvalue weighted by atomic mass is 35.5. The number of benzene rings is 2. The Bertz CT molecular complexity index is 829. The van der Waals surface area contributed by atoms with Crippen LogP contribution < -0.4 is 10.6 Å². The zero-order chi connectivity index (χ0) is 17.1. The number of hydrogen-bond donors (Lipinski definition) is 3. The predicted octanol–water partition coefficient (Wildman–Crippen LogP) is 3.76. The summed E-state index contributed by atoms with van der Waals surface area (Å²) < 4.78 is 0. The maximum atomic E-state index is 12.0. The third-order valence-electron chi connectivity index (χ3n) is 3.73. The van der Waals surface area contributed by atoms with Gasteiger partial charge in [0.15, 0.2) is 0 Å². The molecular weight excluding hydrogens is 328 g/mol. The molecule has 6 heteroatoms. The molecule has 3 rings (SSSR count). The van der Waals surface area contributed by atoms with Gasteiger partial charge in [0.2, 0.25) is 0 Å². The Morgan fingerprint density at radius 2 is 1.96 bits per heavy atom. The van der Waals surface area contributed by atoms with Crippen molar-refractivity contribution in [3.05, 3.63) is 64.8 Å². The SMILES string of the molecule is O=C(O)CCc1ccc(N/C=C2\C(=O)Nc3ccc(Cl)cc32)cc1. The van der Waals surface area contributed by atoms with Crippen LogP contribution in [0.4, 0.5) is 11.4 Å². The fourth-order valence-electron chi connectivity index (χ4n) is 2.48. The molecule has 0 bridgehead atoms. The summed E-state index contributed by atoms with van der Waals surface area (Å²) in [4.78, 5) is 22.6. The smallest absolute Gasteiger partial charge is 0.303 e. The third kappa shape index (κ3) is 3.58. The van der Waals surface area contributed by atoms with Crippen LogP contribution in [0.15, 0.2) is 48.7 Å². The lowest BCUT2D eigenvalue weighted by atomic mass is 10.1. The second kappa shape index (κ2) is 6.76. The summed E-state index contributed by atoms with van der Waals surface area (Å²) in [5.41, 5.74) is 3.78. The Morgan fingerprint density at radius 1 is 1.21 bits per heavy atom. The van der Waals surface area contributed by atoms with Gasteiger partial charge < -0.3 is 15.7 Å². The van der Waals surface area contributed by atoms with E-state index in [2.05, 4.69) is 10.6 Å². The summed E-state index contributed by atoms with van der Waals surface area (Å²) in [5, 5.41) is 15.1. The van der Waals surface area contributed by atoms with Crippen molar-refractivity contribution in [3.8, 4) is 0 Å². The summed E-state index contributed by atoms with van der Waals surface area (Å²) in [6.45, 7) is 0. The third-order valence-corrected chi connectivity index (χ3v) is 3.96. The van der Waals surface area contributed by atoms with Crippen LogP contribution in [0.25, 0.3) is 5.57 Å². The van der Waals surface area contributed by atoms with E-state index in [1.54, 1.807) is 24.4 Å². The average Bonchev–Trinajstić information content (AvgIpc) is 2.86. The molecule has 1 aliphatic heterocycles. The number of nitrogens with one attached hydrogen (secondary N) is 2. The molecule has 1 amide bonds. The van der Waals surface area contributed by atoms with Gasteiger partial charge in [0.1, 0.15) is 0 Å². The highest BCUT2D eigenvalue weighted by Crippen LogP contribution is 2.33. The molecule has 24 heavy (non-hydrogen) atoms. The number of carbonyl (C=O) groups is 2. The number of hydrogen-bond acceptors (Lipinski definition) is 3. The highest BCUT2D eigenvalue weighted by Gasteiger charge is 2.24. The lowest BCUT2D eigenvalue weighted by molar-refractivity contribution is -0.137. The lowest BCUT2D eigenvalue weighted by Crippen LogP contribution is -2.05. The molecule has 2 aromatic rings. The minimum absolute atomic E-state index is 0.106. The minimum Gasteiger partial charge on any atom is -0.481 e. The number of carbonyl (C=O) groups excluding carboxylic acids is 1. The summed E-state index contributed by atoms with van der Waals surface area (Å²) in [6, 6.07) is 12.7. The number of rotatable bonds is 5. The van der Waals surface area contributed by atoms with E-state index >= 15 is 0 Å². The summed E-state index contributed by atoms with van der Waals surface area (Å²) in [5.74, 6) is -0.996. The maximum absolute atomic E-state index is 12.0. The normalized spacial score (nSPS) is 14.4. The summed E-state index contributed by atoms with van der Waals surface area (Å²) in [6.07, 6.45) is 2.24. The number of carboxylic acids is 1. The zero-order valence-electron chi connectivity index (χ0n) is 12.7. The number of amides is 1. The molecule has 0 radical (unpaired) electrons. The molecule has 1 aliphatic rings. The van der Waals surface area contributed by atoms with Crippen LogP contribution in [0.5, 0.6) is 0 Å². The topological polar surface area (TPSA) is 78.4 Å². The van der Waals surface area contributed by atoms with Crippen molar-refractivity contribution in [2.45, 2.75) is 12.8 Å². The van der Waals surface area contributed by atoms with Crippen LogP contribution in [-0.4, -0.2) is 17.0 Å². The minimum atomic E-state index is -0.813. The lowest BCUT2D eigenvalue weighted by Gasteiger charge is -2.05. The fraction of sp³-hybridized carbons (Fsp3) is 0.111. The van der Waals surface area contributed by atoms with Crippen molar-refractivity contribution in [1.82, 2.24) is 0 Å². The average molecular weight is 343 g/mol. The van der Waals surface area contributed by atoms with Crippen molar-refractivity contribution in [3.63, 3.8) is 0 Å². The van der Waals surface area contributed by atoms with Crippen LogP contribution in [0.3, 0.4) is 0 Å². The molecule has 0 unspecified atom stereocenters. The Balaban J connectivity index is 1.73. The van der Waals surface area contributed by atoms with Gasteiger partial charge in [-0.2, -0.15) is 0 Å². The summed E-state index contributed by atoms with van der Waals surface area (Å²) in [7, 11) is 0. The van der Waals surface area contributed by atoms with Crippen LogP contribution in [0.2, 0.25) is 5.02 Å². The van der Waals surface area contributed by atoms with Crippen molar-refractivity contribution >= 4 is 40.4 Å². The Kier molecular flexibility index (Phi) is 4.53. The first-order chi connectivity index (χ1) is 11.5. The number of aryl methyl sites for hydroxylation is 1. The number of aliphatic carboxylic acids is 1. The van der Waals surface area contributed by atoms with Gasteiger partial charge in [-0.05, 0) is 42.3 Å². The molecule has 5 nitrogen and oxygen atoms in total. The molecule has 0 atom stereocenters. The first kappa shape index (κ1) is 16.1. The number of anilines is 2. The molecule has 0 aromatic heterocycles. The van der Waals surface area contributed by atoms with E-state index in [-0.39, 0.29) is 12.3 Å². The molecule has 2 aromatic carbocycles. The standard InChI is InChI=1S/C18H15ClN2O3/c19-12-4-7-16-14(9-12)15(18(24)21-16)10-20-13-5-1-11(2-6-13)3-8-17(22)23/h1-2,4-7,9-10,20H,3,8H2,(H,21,24)(H,22,23)/b15-10-. The van der Waals surface area contributed by atoms with Crippen molar-refractivity contribution < 1.29 is 14.7 Å². The largest absolute Gasteiger partial charge is 0.481 e. The van der Waals surface area contributed by atoms with Gasteiger partial charge in [0, 0.05) is 34.6 Å². The van der Waals surface area contributed by atoms with Crippen molar-refractivity contribution in [2.24, 2.45) is 0 Å². The maximum Gasteiger partial charge on any atom is 0.303 e. The molecule has 1 heterocycles. The van der Waals surface area contributed by atoms with Gasteiger partial charge in [-0.25, -0.2) is 0 Å². The Morgan fingerprint density at radius 3 is 2.67 bits per heavy atom. The number of halogens is 1. The molecule has 0 saturated carbocycles. The Hall–Kier alpha value is -2.79. The molecule has 0 fully saturated rings. The highest BCUT2D eigenvalue weighted by molar-refractivity contribution is 6.34. The van der Waals surface area contributed by atoms with Crippen molar-refractivity contribution in [1.29, 1.82) is 0 Å². The zero-order valence-corrected chi connectivity index (χ0v) is 13.4. The number of carboxylic acid groups (broad SMARTS) is 1. The predicted molar refractivity (Wildman–Crippen MR) is 94.1 cm³/mol. The summed E-state index contributed by atoms with van der Waals surface area (Å²) >= 11 is 5.99. The van der Waals surface area contributed by atoms with E-state index in [9.17, 15) is 9.59 Å². The first-order valence-corrected chi connectivity index (χ1v) is 7.79. The van der Waals surface area contributed by atoms with Gasteiger partial charge in [-0.15, -0.1) is 0 Å². The second-order valence-electron chi connectivity index (χ2n) is 5.44. The quantitative estimate of drug-likeness (QED) is 0.723. The van der Waals surface area contributed by atoms with E-state index in [1.807, 2.05) is 24.3 Å². The van der Waals surface area contributed by atoms with Gasteiger partial charge in [-0.3, -0.25) is 9.59 Å². The van der Waals surface area contributed by atoms with Gasteiger partial charge >= 0.3 is 5.97 Å². The van der Waals surface area contributed by atoms with E-state index in [1.165, 1.54) is 0 Å². The van der Waals surface area contributed by atoms with E-state index in [0.717, 1.165) is 22.5 Å². The molecule has 3 N–H and O–H groups in total. The molecular formula is C18H15ClN2O3. The molecule has 0 spiro atoms. The Labute approximate surface area is 144 Å². The van der Waals surface area contributed by atoms with Gasteiger partial charge in [-0.1, -0.05) is 23.7 Å². The molecule has 122 valence electrons. The second-order valence-corrected chi connectivity index (χ2v) is 5.87. The van der Waals surface area contributed by atoms with Crippen LogP contribution in [0, 0.1) is 0 Å². The monoisotopic (exact) mass is 342 g/mol. The first-order valence-electron chi connectivity index (χ1n) is 7.41. The molecule has 0 aliphatic carbocycles. The van der Waals surface area contributed by atoms with E-state index < -0.39 is 5.97 Å². The van der Waals surface area contributed by atoms with Gasteiger partial charge in [0.05, 0.1) is 5.57 Å².